The van der Waals surface area contributed by atoms with E-state index in [1.165, 1.54) is 0 Å². The van der Waals surface area contributed by atoms with E-state index in [-0.39, 0.29) is 17.7 Å². The Morgan fingerprint density at radius 1 is 1.03 bits per heavy atom. The third kappa shape index (κ3) is 3.51. The number of aromatic nitrogens is 2. The number of rotatable bonds is 4. The molecular weight excluding hydrogens is 376 g/mol. The first-order valence-electron chi connectivity index (χ1n) is 9.60. The van der Waals surface area contributed by atoms with Crippen LogP contribution in [0.4, 0.5) is 5.95 Å². The molecule has 2 aromatic carbocycles. The van der Waals surface area contributed by atoms with E-state index in [9.17, 15) is 0 Å². The maximum Gasteiger partial charge on any atom is 0.366 e. The molecule has 7 nitrogen and oxygen atoms in total. The van der Waals surface area contributed by atoms with Crippen LogP contribution in [0.1, 0.15) is 36.0 Å². The lowest BCUT2D eigenvalue weighted by molar-refractivity contribution is 0.336. The topological polar surface area (TPSA) is 135 Å². The predicted molar refractivity (Wildman–Crippen MR) is 116 cm³/mol. The number of nitrogens with one attached hydrogen (secondary N) is 1. The van der Waals surface area contributed by atoms with E-state index in [1.54, 1.807) is 36.7 Å². The summed E-state index contributed by atoms with van der Waals surface area (Å²) in [5, 5.41) is 25.8. The number of hydrogen-bond acceptors (Lipinski definition) is 5. The van der Waals surface area contributed by atoms with Gasteiger partial charge in [-0.2, -0.15) is 5.26 Å². The molecule has 1 heterocycles. The first-order chi connectivity index (χ1) is 14.5. The van der Waals surface area contributed by atoms with Crippen molar-refractivity contribution >= 4 is 17.7 Å². The first-order valence-corrected chi connectivity index (χ1v) is 9.60. The van der Waals surface area contributed by atoms with Crippen LogP contribution in [-0.2, 0) is 5.41 Å². The minimum Gasteiger partial charge on any atom is -0.578 e. The number of aliphatic imine (C=N–C) groups is 1. The highest BCUT2D eigenvalue weighted by Crippen LogP contribution is 2.45. The molecule has 5 N–H and O–H groups in total. The van der Waals surface area contributed by atoms with Crippen LogP contribution in [0, 0.1) is 16.7 Å². The second-order valence-electron chi connectivity index (χ2n) is 7.34. The molecule has 0 radical (unpaired) electrons. The summed E-state index contributed by atoms with van der Waals surface area (Å²) < 4.78 is 0. The molecule has 0 bridgehead atoms. The van der Waals surface area contributed by atoms with E-state index in [2.05, 4.69) is 21.0 Å². The Bertz CT molecular complexity index is 1140. The van der Waals surface area contributed by atoms with Crippen molar-refractivity contribution in [3.63, 3.8) is 0 Å². The Hall–Kier alpha value is -4.05. The summed E-state index contributed by atoms with van der Waals surface area (Å²) in [7, 11) is 0. The first kappa shape index (κ1) is 19.3. The minimum absolute atomic E-state index is 0.0337. The molecule has 3 aromatic rings. The lowest BCUT2D eigenvalue weighted by atomic mass is 9.63. The summed E-state index contributed by atoms with van der Waals surface area (Å²) in [5.41, 5.74) is 9.08. The van der Waals surface area contributed by atoms with Crippen LogP contribution in [0.15, 0.2) is 65.9 Å². The standard InChI is InChI=1S/C23H20N6O/c24-12-15-2-4-17(5-3-15)20(30)29-21(25)23(10-1-11-23)19-8-6-16(7-9-19)18-13-27-22(26)28-14-18/h2-9,13-14H,1,10-11H2,(H2,25,29,30)(H2,26,27,28)/p+1. The zero-order valence-electron chi connectivity index (χ0n) is 16.3. The molecular formula is C23H21N6O+. The van der Waals surface area contributed by atoms with Crippen molar-refractivity contribution < 1.29 is 5.11 Å². The fraction of sp³-hybridized carbons (Fsp3) is 0.174. The fourth-order valence-corrected chi connectivity index (χ4v) is 3.65. The lowest BCUT2D eigenvalue weighted by Crippen LogP contribution is -2.41. The average molecular weight is 397 g/mol. The number of amidine groups is 1. The van der Waals surface area contributed by atoms with E-state index in [4.69, 9.17) is 21.5 Å². The van der Waals surface area contributed by atoms with Crippen LogP contribution in [-0.4, -0.2) is 26.8 Å². The number of nitrogens with zero attached hydrogens (tertiary/aromatic N) is 4. The summed E-state index contributed by atoms with van der Waals surface area (Å²) in [6, 6.07) is 16.8. The molecule has 1 aliphatic carbocycles. The molecule has 7 heteroatoms. The second-order valence-corrected chi connectivity index (χ2v) is 7.34. The highest BCUT2D eigenvalue weighted by Gasteiger charge is 2.43. The number of nitrogens with two attached hydrogens (primary N) is 1. The third-order valence-corrected chi connectivity index (χ3v) is 5.61. The highest BCUT2D eigenvalue weighted by molar-refractivity contribution is 6.05. The molecule has 0 aliphatic heterocycles. The van der Waals surface area contributed by atoms with Crippen molar-refractivity contribution in [2.45, 2.75) is 24.7 Å². The normalized spacial score (nSPS) is 15.1. The maximum atomic E-state index is 8.92. The van der Waals surface area contributed by atoms with Gasteiger partial charge in [0.1, 0.15) is 5.84 Å². The van der Waals surface area contributed by atoms with Gasteiger partial charge in [-0.15, -0.1) is 4.99 Å². The lowest BCUT2D eigenvalue weighted by Gasteiger charge is -2.41. The molecule has 0 atom stereocenters. The summed E-state index contributed by atoms with van der Waals surface area (Å²) in [4.78, 5) is 12.4. The monoisotopic (exact) mass is 397 g/mol. The van der Waals surface area contributed by atoms with Gasteiger partial charge in [0, 0.05) is 18.0 Å². The molecule has 0 spiro atoms. The molecule has 0 saturated heterocycles. The van der Waals surface area contributed by atoms with Crippen LogP contribution < -0.4 is 5.73 Å². The van der Waals surface area contributed by atoms with Gasteiger partial charge in [-0.3, -0.25) is 5.41 Å². The number of nitrogen functional groups attached to an aromatic ring is 1. The summed E-state index contributed by atoms with van der Waals surface area (Å²) >= 11 is 0. The Morgan fingerprint density at radius 2 is 1.67 bits per heavy atom. The van der Waals surface area contributed by atoms with E-state index < -0.39 is 5.41 Å². The number of anilines is 1. The molecule has 1 fully saturated rings. The van der Waals surface area contributed by atoms with Gasteiger partial charge < -0.3 is 10.8 Å². The van der Waals surface area contributed by atoms with Crippen LogP contribution in [0.5, 0.6) is 0 Å². The van der Waals surface area contributed by atoms with Gasteiger partial charge in [-0.25, -0.2) is 9.97 Å². The second kappa shape index (κ2) is 7.76. The zero-order valence-corrected chi connectivity index (χ0v) is 16.3. The molecule has 148 valence electrons. The van der Waals surface area contributed by atoms with E-state index in [0.717, 1.165) is 36.0 Å². The Morgan fingerprint density at radius 3 is 2.20 bits per heavy atom. The van der Waals surface area contributed by atoms with Gasteiger partial charge in [-0.1, -0.05) is 30.7 Å². The van der Waals surface area contributed by atoms with E-state index in [0.29, 0.717) is 11.1 Å². The minimum atomic E-state index is -0.463. The van der Waals surface area contributed by atoms with Gasteiger partial charge in [0.25, 0.3) is 0 Å². The number of nitriles is 1. The Kier molecular flexibility index (Phi) is 4.98. The Labute approximate surface area is 174 Å². The molecule has 0 amide bonds. The molecule has 1 aromatic heterocycles. The van der Waals surface area contributed by atoms with Crippen molar-refractivity contribution in [1.29, 1.82) is 10.7 Å². The quantitative estimate of drug-likeness (QED) is 0.397. The van der Waals surface area contributed by atoms with Crippen LogP contribution in [0.2, 0.25) is 0 Å². The van der Waals surface area contributed by atoms with Crippen molar-refractivity contribution in [3.8, 4) is 17.2 Å². The molecule has 30 heavy (non-hydrogen) atoms. The molecule has 4 rings (SSSR count). The van der Waals surface area contributed by atoms with Gasteiger partial charge in [-0.05, 0) is 48.2 Å². The maximum absolute atomic E-state index is 8.92. The summed E-state index contributed by atoms with van der Waals surface area (Å²) in [5.74, 6) is 0.474. The van der Waals surface area contributed by atoms with Crippen LogP contribution in [0.3, 0.4) is 0 Å². The third-order valence-electron chi connectivity index (χ3n) is 5.61. The van der Waals surface area contributed by atoms with Gasteiger partial charge in [0.05, 0.1) is 22.6 Å². The Balaban J connectivity index is 1.59. The largest absolute Gasteiger partial charge is 0.578 e. The molecule has 1 aliphatic rings. The summed E-state index contributed by atoms with van der Waals surface area (Å²) in [6.45, 7) is 0. The van der Waals surface area contributed by atoms with Crippen LogP contribution >= 0.6 is 0 Å². The van der Waals surface area contributed by atoms with Crippen molar-refractivity contribution in [3.05, 3.63) is 77.6 Å². The van der Waals surface area contributed by atoms with E-state index >= 15 is 0 Å². The van der Waals surface area contributed by atoms with Gasteiger partial charge in [0.2, 0.25) is 5.95 Å². The SMILES string of the molecule is N#Cc1ccc(C([OH2+])=NC(=N)C2(c3ccc(-c4cnc(N)nc4)cc3)CCC2)cc1. The predicted octanol–water partition coefficient (Wildman–Crippen LogP) is 3.17. The van der Waals surface area contributed by atoms with Crippen molar-refractivity contribution in [2.75, 3.05) is 5.73 Å². The van der Waals surface area contributed by atoms with Gasteiger partial charge >= 0.3 is 5.90 Å². The summed E-state index contributed by atoms with van der Waals surface area (Å²) in [6.07, 6.45) is 6.07. The molecule has 1 saturated carbocycles. The molecule has 0 unspecified atom stereocenters. The van der Waals surface area contributed by atoms with Gasteiger partial charge in [0.15, 0.2) is 0 Å². The number of benzene rings is 2. The smallest absolute Gasteiger partial charge is 0.366 e. The number of hydrogen-bond donors (Lipinski definition) is 2. The average Bonchev–Trinajstić information content (AvgIpc) is 2.74. The van der Waals surface area contributed by atoms with Crippen molar-refractivity contribution in [1.82, 2.24) is 9.97 Å². The fourth-order valence-electron chi connectivity index (χ4n) is 3.65. The highest BCUT2D eigenvalue weighted by atomic mass is 16.3. The zero-order chi connectivity index (χ0) is 21.1. The van der Waals surface area contributed by atoms with Crippen LogP contribution in [0.25, 0.3) is 11.1 Å². The van der Waals surface area contributed by atoms with E-state index in [1.807, 2.05) is 24.3 Å². The van der Waals surface area contributed by atoms with Crippen molar-refractivity contribution in [2.24, 2.45) is 4.99 Å².